The summed E-state index contributed by atoms with van der Waals surface area (Å²) in [5.74, 6) is -0.00158. The van der Waals surface area contributed by atoms with Crippen LogP contribution in [0.4, 0.5) is 5.69 Å². The lowest BCUT2D eigenvalue weighted by Gasteiger charge is -2.35. The van der Waals surface area contributed by atoms with Crippen LogP contribution < -0.4 is 10.2 Å². The van der Waals surface area contributed by atoms with Gasteiger partial charge >= 0.3 is 0 Å². The highest BCUT2D eigenvalue weighted by atomic mass is 32.1. The number of carbonyl (C=O) groups is 1. The lowest BCUT2D eigenvalue weighted by Crippen LogP contribution is -2.45. The zero-order valence-electron chi connectivity index (χ0n) is 15.8. The Hall–Kier alpha value is -1.92. The Morgan fingerprint density at radius 2 is 1.81 bits per heavy atom. The van der Waals surface area contributed by atoms with Gasteiger partial charge in [0.05, 0.1) is 6.54 Å². The first-order valence-electron chi connectivity index (χ1n) is 10.1. The van der Waals surface area contributed by atoms with E-state index >= 15 is 0 Å². The lowest BCUT2D eigenvalue weighted by atomic mass is 9.95. The number of hydrogen-bond acceptors (Lipinski definition) is 5. The molecule has 0 radical (unpaired) electrons. The molecule has 5 nitrogen and oxygen atoms in total. The first kappa shape index (κ1) is 18.4. The summed E-state index contributed by atoms with van der Waals surface area (Å²) in [6, 6.07) is 10.9. The van der Waals surface area contributed by atoms with Crippen molar-refractivity contribution in [2.24, 2.45) is 0 Å². The van der Waals surface area contributed by atoms with Crippen molar-refractivity contribution in [3.8, 4) is 0 Å². The maximum Gasteiger partial charge on any atom is 0.270 e. The number of benzene rings is 1. The maximum absolute atomic E-state index is 12.4. The highest BCUT2D eigenvalue weighted by molar-refractivity contribution is 7.09. The Kier molecular flexibility index (Phi) is 6.04. The van der Waals surface area contributed by atoms with Gasteiger partial charge in [0.15, 0.2) is 0 Å². The summed E-state index contributed by atoms with van der Waals surface area (Å²) in [7, 11) is 0. The zero-order valence-corrected chi connectivity index (χ0v) is 16.6. The molecule has 1 amide bonds. The minimum absolute atomic E-state index is 0.00158. The normalized spacial score (nSPS) is 19.2. The fourth-order valence-electron chi connectivity index (χ4n) is 3.99. The second kappa shape index (κ2) is 8.85. The fraction of sp³-hybridized carbons (Fsp3) is 0.524. The zero-order chi connectivity index (χ0) is 18.5. The number of nitrogens with zero attached hydrogens (tertiary/aromatic N) is 3. The first-order valence-corrected chi connectivity index (χ1v) is 10.9. The Morgan fingerprint density at radius 1 is 1.07 bits per heavy atom. The van der Waals surface area contributed by atoms with Gasteiger partial charge in [0.2, 0.25) is 0 Å². The van der Waals surface area contributed by atoms with Crippen LogP contribution in [0.1, 0.15) is 47.6 Å². The number of anilines is 1. The van der Waals surface area contributed by atoms with Gasteiger partial charge in [-0.1, -0.05) is 37.5 Å². The van der Waals surface area contributed by atoms with Gasteiger partial charge < -0.3 is 10.2 Å². The van der Waals surface area contributed by atoms with Crippen molar-refractivity contribution >= 4 is 22.9 Å². The van der Waals surface area contributed by atoms with Gasteiger partial charge in [-0.05, 0) is 25.0 Å². The highest BCUT2D eigenvalue weighted by Crippen LogP contribution is 2.20. The molecule has 1 N–H and O–H groups in total. The minimum Gasteiger partial charge on any atom is -0.369 e. The van der Waals surface area contributed by atoms with E-state index in [1.165, 1.54) is 24.9 Å². The molecular formula is C21H28N4OS. The maximum atomic E-state index is 12.4. The summed E-state index contributed by atoms with van der Waals surface area (Å²) in [6.07, 6.45) is 5.96. The third-order valence-corrected chi connectivity index (χ3v) is 6.41. The molecule has 0 atom stereocenters. The van der Waals surface area contributed by atoms with Crippen LogP contribution in [-0.4, -0.2) is 48.0 Å². The molecule has 2 heterocycles. The minimum atomic E-state index is -0.00158. The van der Waals surface area contributed by atoms with Crippen molar-refractivity contribution in [2.75, 3.05) is 31.1 Å². The largest absolute Gasteiger partial charge is 0.369 e. The van der Waals surface area contributed by atoms with Gasteiger partial charge in [0.1, 0.15) is 10.7 Å². The van der Waals surface area contributed by atoms with E-state index in [1.807, 2.05) is 5.38 Å². The standard InChI is InChI=1S/C21H28N4OS/c26-21(22-17-7-3-1-4-8-17)19-16-27-20(23-19)15-24-11-13-25(14-12-24)18-9-5-2-6-10-18/h2,5-6,9-10,16-17H,1,3-4,7-8,11-15H2,(H,22,26). The second-order valence-corrected chi connectivity index (χ2v) is 8.48. The van der Waals surface area contributed by atoms with E-state index in [-0.39, 0.29) is 5.91 Å². The van der Waals surface area contributed by atoms with E-state index < -0.39 is 0 Å². The van der Waals surface area contributed by atoms with Crippen molar-refractivity contribution in [3.05, 3.63) is 46.4 Å². The van der Waals surface area contributed by atoms with Crippen LogP contribution in [0.2, 0.25) is 0 Å². The quantitative estimate of drug-likeness (QED) is 0.857. The number of thiazole rings is 1. The van der Waals surface area contributed by atoms with E-state index in [0.29, 0.717) is 11.7 Å². The monoisotopic (exact) mass is 384 g/mol. The number of carbonyl (C=O) groups excluding carboxylic acids is 1. The molecule has 144 valence electrons. The van der Waals surface area contributed by atoms with Crippen LogP contribution >= 0.6 is 11.3 Å². The van der Waals surface area contributed by atoms with E-state index in [4.69, 9.17) is 0 Å². The van der Waals surface area contributed by atoms with Crippen LogP contribution in [0.15, 0.2) is 35.7 Å². The van der Waals surface area contributed by atoms with Gasteiger partial charge in [-0.3, -0.25) is 9.69 Å². The molecule has 2 aliphatic rings. The summed E-state index contributed by atoms with van der Waals surface area (Å²) < 4.78 is 0. The molecule has 1 aliphatic heterocycles. The Labute approximate surface area is 165 Å². The third kappa shape index (κ3) is 4.87. The SMILES string of the molecule is O=C(NC1CCCCC1)c1csc(CN2CCN(c3ccccc3)CC2)n1. The Bertz CT molecular complexity index is 734. The van der Waals surface area contributed by atoms with Gasteiger partial charge in [-0.2, -0.15) is 0 Å². The number of nitrogens with one attached hydrogen (secondary N) is 1. The topological polar surface area (TPSA) is 48.5 Å². The highest BCUT2D eigenvalue weighted by Gasteiger charge is 2.21. The molecule has 1 aromatic carbocycles. The number of piperazine rings is 1. The van der Waals surface area contributed by atoms with Crippen LogP contribution in [-0.2, 0) is 6.54 Å². The van der Waals surface area contributed by atoms with E-state index in [2.05, 4.69) is 50.4 Å². The molecule has 1 saturated heterocycles. The first-order chi connectivity index (χ1) is 13.3. The van der Waals surface area contributed by atoms with Gasteiger partial charge in [0.25, 0.3) is 5.91 Å². The number of aromatic nitrogens is 1. The van der Waals surface area contributed by atoms with Gasteiger partial charge in [-0.25, -0.2) is 4.98 Å². The third-order valence-electron chi connectivity index (χ3n) is 5.58. The smallest absolute Gasteiger partial charge is 0.270 e. The number of hydrogen-bond donors (Lipinski definition) is 1. The van der Waals surface area contributed by atoms with Crippen LogP contribution in [0.3, 0.4) is 0 Å². The van der Waals surface area contributed by atoms with Crippen molar-refractivity contribution in [2.45, 2.75) is 44.7 Å². The lowest BCUT2D eigenvalue weighted by molar-refractivity contribution is 0.0923. The molecule has 0 unspecified atom stereocenters. The van der Waals surface area contributed by atoms with Crippen LogP contribution in [0.5, 0.6) is 0 Å². The molecule has 1 saturated carbocycles. The van der Waals surface area contributed by atoms with E-state index in [0.717, 1.165) is 50.6 Å². The summed E-state index contributed by atoms with van der Waals surface area (Å²) in [5.41, 5.74) is 1.89. The summed E-state index contributed by atoms with van der Waals surface area (Å²) >= 11 is 1.60. The molecule has 2 fully saturated rings. The van der Waals surface area contributed by atoms with Crippen molar-refractivity contribution < 1.29 is 4.79 Å². The predicted octanol–water partition coefficient (Wildman–Crippen LogP) is 3.53. The number of amides is 1. The molecule has 27 heavy (non-hydrogen) atoms. The van der Waals surface area contributed by atoms with Crippen molar-refractivity contribution in [1.29, 1.82) is 0 Å². The molecule has 4 rings (SSSR count). The molecule has 1 aliphatic carbocycles. The summed E-state index contributed by atoms with van der Waals surface area (Å²) in [6.45, 7) is 4.95. The van der Waals surface area contributed by atoms with E-state index in [1.54, 1.807) is 11.3 Å². The molecule has 0 bridgehead atoms. The average molecular weight is 385 g/mol. The van der Waals surface area contributed by atoms with Crippen molar-refractivity contribution in [3.63, 3.8) is 0 Å². The fourth-order valence-corrected chi connectivity index (χ4v) is 4.80. The van der Waals surface area contributed by atoms with Crippen molar-refractivity contribution in [1.82, 2.24) is 15.2 Å². The van der Waals surface area contributed by atoms with Gasteiger partial charge in [-0.15, -0.1) is 11.3 Å². The average Bonchev–Trinajstić information content (AvgIpc) is 3.19. The second-order valence-electron chi connectivity index (χ2n) is 7.53. The molecular weight excluding hydrogens is 356 g/mol. The summed E-state index contributed by atoms with van der Waals surface area (Å²) in [4.78, 5) is 21.9. The summed E-state index contributed by atoms with van der Waals surface area (Å²) in [5, 5.41) is 6.11. The molecule has 6 heteroatoms. The Morgan fingerprint density at radius 3 is 2.56 bits per heavy atom. The van der Waals surface area contributed by atoms with Crippen LogP contribution in [0, 0.1) is 0 Å². The number of para-hydroxylation sites is 1. The predicted molar refractivity (Wildman–Crippen MR) is 110 cm³/mol. The molecule has 2 aromatic rings. The van der Waals surface area contributed by atoms with Gasteiger partial charge in [0, 0.05) is 43.3 Å². The van der Waals surface area contributed by atoms with E-state index in [9.17, 15) is 4.79 Å². The molecule has 0 spiro atoms. The molecule has 1 aromatic heterocycles. The number of rotatable bonds is 5. The van der Waals surface area contributed by atoms with Crippen LogP contribution in [0.25, 0.3) is 0 Å². The Balaban J connectivity index is 1.26.